The zero-order valence-electron chi connectivity index (χ0n) is 12.6. The molecule has 2 aromatic carbocycles. The van der Waals surface area contributed by atoms with Crippen LogP contribution in [0.2, 0.25) is 0 Å². The first-order valence-electron chi connectivity index (χ1n) is 7.21. The summed E-state index contributed by atoms with van der Waals surface area (Å²) < 4.78 is 24.4. The Morgan fingerprint density at radius 1 is 1.04 bits per heavy atom. The first-order chi connectivity index (χ1) is 11.1. The molecule has 5 heteroatoms. The molecule has 0 saturated carbocycles. The number of furan rings is 1. The molecule has 0 radical (unpaired) electrons. The Bertz CT molecular complexity index is 1020. The van der Waals surface area contributed by atoms with Gasteiger partial charge in [0.25, 0.3) is 5.89 Å². The SMILES string of the molecule is Cc1ccc2oc(-c3noc(-c4cccc(F)c4)n3)c(C)c2c1. The van der Waals surface area contributed by atoms with Gasteiger partial charge < -0.3 is 8.94 Å². The lowest BCUT2D eigenvalue weighted by atomic mass is 10.1. The second kappa shape index (κ2) is 5.05. The van der Waals surface area contributed by atoms with Gasteiger partial charge in [-0.1, -0.05) is 22.9 Å². The molecule has 0 atom stereocenters. The minimum absolute atomic E-state index is 0.260. The van der Waals surface area contributed by atoms with Gasteiger partial charge in [-0.15, -0.1) is 0 Å². The van der Waals surface area contributed by atoms with Gasteiger partial charge in [0.2, 0.25) is 5.82 Å². The summed E-state index contributed by atoms with van der Waals surface area (Å²) in [6.07, 6.45) is 0. The third kappa shape index (κ3) is 2.30. The standard InChI is InChI=1S/C18H13FN2O2/c1-10-6-7-15-14(8-10)11(2)16(22-15)17-20-18(23-21-17)12-4-3-5-13(19)9-12/h3-9H,1-2H3. The van der Waals surface area contributed by atoms with E-state index in [4.69, 9.17) is 8.94 Å². The number of aromatic nitrogens is 2. The van der Waals surface area contributed by atoms with Gasteiger partial charge in [0, 0.05) is 16.5 Å². The zero-order valence-corrected chi connectivity index (χ0v) is 12.6. The van der Waals surface area contributed by atoms with Crippen molar-refractivity contribution in [1.29, 1.82) is 0 Å². The highest BCUT2D eigenvalue weighted by atomic mass is 19.1. The molecule has 0 unspecified atom stereocenters. The van der Waals surface area contributed by atoms with Crippen LogP contribution in [0.15, 0.2) is 51.4 Å². The van der Waals surface area contributed by atoms with Crippen LogP contribution in [0.5, 0.6) is 0 Å². The second-order valence-corrected chi connectivity index (χ2v) is 5.49. The molecule has 114 valence electrons. The summed E-state index contributed by atoms with van der Waals surface area (Å²) in [7, 11) is 0. The van der Waals surface area contributed by atoms with Gasteiger partial charge in [-0.2, -0.15) is 4.98 Å². The number of halogens is 1. The maximum absolute atomic E-state index is 13.3. The number of hydrogen-bond acceptors (Lipinski definition) is 4. The van der Waals surface area contributed by atoms with E-state index in [2.05, 4.69) is 16.2 Å². The molecule has 0 aliphatic carbocycles. The first kappa shape index (κ1) is 13.7. The fourth-order valence-electron chi connectivity index (χ4n) is 2.60. The Hall–Kier alpha value is -2.95. The smallest absolute Gasteiger partial charge is 0.258 e. The topological polar surface area (TPSA) is 52.1 Å². The monoisotopic (exact) mass is 308 g/mol. The highest BCUT2D eigenvalue weighted by molar-refractivity contribution is 5.87. The molecule has 0 aliphatic heterocycles. The summed E-state index contributed by atoms with van der Waals surface area (Å²) in [5.74, 6) is 0.834. The molecule has 4 aromatic rings. The van der Waals surface area contributed by atoms with Crippen LogP contribution in [-0.2, 0) is 0 Å². The van der Waals surface area contributed by atoms with Gasteiger partial charge in [-0.3, -0.25) is 0 Å². The average Bonchev–Trinajstić information content (AvgIpc) is 3.13. The number of hydrogen-bond donors (Lipinski definition) is 0. The molecule has 4 nitrogen and oxygen atoms in total. The van der Waals surface area contributed by atoms with E-state index in [1.165, 1.54) is 12.1 Å². The molecule has 2 aromatic heterocycles. The summed E-state index contributed by atoms with van der Waals surface area (Å²) in [6, 6.07) is 12.0. The van der Waals surface area contributed by atoms with Crippen LogP contribution in [0.25, 0.3) is 34.0 Å². The van der Waals surface area contributed by atoms with E-state index in [9.17, 15) is 4.39 Å². The lowest BCUT2D eigenvalue weighted by Crippen LogP contribution is -1.82. The van der Waals surface area contributed by atoms with Gasteiger partial charge in [-0.25, -0.2) is 4.39 Å². The summed E-state index contributed by atoms with van der Waals surface area (Å²) in [6.45, 7) is 3.99. The Labute approximate surface area is 131 Å². The zero-order chi connectivity index (χ0) is 16.0. The summed E-state index contributed by atoms with van der Waals surface area (Å²) >= 11 is 0. The number of nitrogens with zero attached hydrogens (tertiary/aromatic N) is 2. The average molecular weight is 308 g/mol. The van der Waals surface area contributed by atoms with E-state index >= 15 is 0 Å². The molecule has 2 heterocycles. The van der Waals surface area contributed by atoms with E-state index < -0.39 is 0 Å². The van der Waals surface area contributed by atoms with Crippen molar-refractivity contribution in [2.24, 2.45) is 0 Å². The molecule has 0 fully saturated rings. The Morgan fingerprint density at radius 3 is 2.74 bits per heavy atom. The highest BCUT2D eigenvalue weighted by Crippen LogP contribution is 2.33. The minimum Gasteiger partial charge on any atom is -0.452 e. The fourth-order valence-corrected chi connectivity index (χ4v) is 2.60. The van der Waals surface area contributed by atoms with Crippen molar-refractivity contribution in [3.05, 3.63) is 59.4 Å². The van der Waals surface area contributed by atoms with Gasteiger partial charge in [0.15, 0.2) is 5.76 Å². The van der Waals surface area contributed by atoms with E-state index in [1.807, 2.05) is 26.0 Å². The first-order valence-corrected chi connectivity index (χ1v) is 7.21. The number of benzene rings is 2. The molecular weight excluding hydrogens is 295 g/mol. The van der Waals surface area contributed by atoms with Gasteiger partial charge in [-0.05, 0) is 44.2 Å². The number of rotatable bonds is 2. The Morgan fingerprint density at radius 2 is 1.91 bits per heavy atom. The second-order valence-electron chi connectivity index (χ2n) is 5.49. The minimum atomic E-state index is -0.349. The van der Waals surface area contributed by atoms with E-state index in [0.29, 0.717) is 17.1 Å². The molecule has 0 spiro atoms. The fraction of sp³-hybridized carbons (Fsp3) is 0.111. The summed E-state index contributed by atoms with van der Waals surface area (Å²) in [5.41, 5.74) is 3.42. The lowest BCUT2D eigenvalue weighted by molar-refractivity contribution is 0.430. The molecule has 0 amide bonds. The van der Waals surface area contributed by atoms with Crippen LogP contribution in [0.3, 0.4) is 0 Å². The molecule has 4 rings (SSSR count). The van der Waals surface area contributed by atoms with E-state index in [-0.39, 0.29) is 11.7 Å². The summed E-state index contributed by atoms with van der Waals surface area (Å²) in [5, 5.41) is 4.99. The van der Waals surface area contributed by atoms with Crippen LogP contribution in [0.1, 0.15) is 11.1 Å². The predicted molar refractivity (Wildman–Crippen MR) is 84.4 cm³/mol. The Balaban J connectivity index is 1.82. The normalized spacial score (nSPS) is 11.3. The van der Waals surface area contributed by atoms with Crippen molar-refractivity contribution < 1.29 is 13.3 Å². The van der Waals surface area contributed by atoms with Crippen molar-refractivity contribution >= 4 is 11.0 Å². The molecule has 0 saturated heterocycles. The maximum atomic E-state index is 13.3. The van der Waals surface area contributed by atoms with Crippen LogP contribution in [-0.4, -0.2) is 10.1 Å². The highest BCUT2D eigenvalue weighted by Gasteiger charge is 2.18. The summed E-state index contributed by atoms with van der Waals surface area (Å²) in [4.78, 5) is 4.33. The van der Waals surface area contributed by atoms with Crippen molar-refractivity contribution in [3.8, 4) is 23.0 Å². The third-order valence-corrected chi connectivity index (χ3v) is 3.79. The van der Waals surface area contributed by atoms with Crippen molar-refractivity contribution in [2.75, 3.05) is 0 Å². The third-order valence-electron chi connectivity index (χ3n) is 3.79. The van der Waals surface area contributed by atoms with Crippen LogP contribution in [0.4, 0.5) is 4.39 Å². The number of fused-ring (bicyclic) bond motifs is 1. The van der Waals surface area contributed by atoms with E-state index in [1.54, 1.807) is 12.1 Å². The predicted octanol–water partition coefficient (Wildman–Crippen LogP) is 4.91. The molecular formula is C18H13FN2O2. The Kier molecular flexibility index (Phi) is 3.01. The molecule has 0 bridgehead atoms. The maximum Gasteiger partial charge on any atom is 0.258 e. The molecule has 0 N–H and O–H groups in total. The largest absolute Gasteiger partial charge is 0.452 e. The van der Waals surface area contributed by atoms with Crippen LogP contribution < -0.4 is 0 Å². The quantitative estimate of drug-likeness (QED) is 0.528. The van der Waals surface area contributed by atoms with Gasteiger partial charge in [0.1, 0.15) is 11.4 Å². The van der Waals surface area contributed by atoms with Crippen LogP contribution >= 0.6 is 0 Å². The van der Waals surface area contributed by atoms with Crippen molar-refractivity contribution in [2.45, 2.75) is 13.8 Å². The lowest BCUT2D eigenvalue weighted by Gasteiger charge is -1.93. The van der Waals surface area contributed by atoms with Crippen molar-refractivity contribution in [1.82, 2.24) is 10.1 Å². The van der Waals surface area contributed by atoms with Gasteiger partial charge >= 0.3 is 0 Å². The van der Waals surface area contributed by atoms with Crippen LogP contribution in [0, 0.1) is 19.7 Å². The number of aryl methyl sites for hydroxylation is 2. The molecule has 23 heavy (non-hydrogen) atoms. The van der Waals surface area contributed by atoms with Crippen molar-refractivity contribution in [3.63, 3.8) is 0 Å². The van der Waals surface area contributed by atoms with Gasteiger partial charge in [0.05, 0.1) is 0 Å². The van der Waals surface area contributed by atoms with E-state index in [0.717, 1.165) is 22.1 Å². The molecule has 0 aliphatic rings.